The average Bonchev–Trinajstić information content (AvgIpc) is 3.06. The summed E-state index contributed by atoms with van der Waals surface area (Å²) in [6.45, 7) is 2.91. The summed E-state index contributed by atoms with van der Waals surface area (Å²) in [6.07, 6.45) is 0.860. The van der Waals surface area contributed by atoms with Crippen molar-refractivity contribution in [3.05, 3.63) is 59.7 Å². The minimum absolute atomic E-state index is 0.268. The van der Waals surface area contributed by atoms with Crippen LogP contribution in [0.3, 0.4) is 0 Å². The van der Waals surface area contributed by atoms with Crippen molar-refractivity contribution in [3.63, 3.8) is 0 Å². The SMILES string of the molecule is COc1ccc(S(=O)(=O)N2CC[C@@H](c3ccccc3)C2)c(C)c1. The second-order valence-electron chi connectivity index (χ2n) is 5.89. The zero-order valence-corrected chi connectivity index (χ0v) is 14.2. The Kier molecular flexibility index (Phi) is 4.41. The Morgan fingerprint density at radius 1 is 1.13 bits per heavy atom. The van der Waals surface area contributed by atoms with Gasteiger partial charge in [0.05, 0.1) is 12.0 Å². The lowest BCUT2D eigenvalue weighted by Gasteiger charge is -2.18. The van der Waals surface area contributed by atoms with E-state index in [9.17, 15) is 8.42 Å². The van der Waals surface area contributed by atoms with Crippen LogP contribution in [0.2, 0.25) is 0 Å². The quantitative estimate of drug-likeness (QED) is 0.864. The molecule has 1 heterocycles. The van der Waals surface area contributed by atoms with Gasteiger partial charge in [-0.15, -0.1) is 0 Å². The van der Waals surface area contributed by atoms with Crippen LogP contribution in [-0.2, 0) is 10.0 Å². The predicted molar refractivity (Wildman–Crippen MR) is 90.3 cm³/mol. The van der Waals surface area contributed by atoms with Gasteiger partial charge in [0.1, 0.15) is 5.75 Å². The van der Waals surface area contributed by atoms with Gasteiger partial charge >= 0.3 is 0 Å². The van der Waals surface area contributed by atoms with E-state index in [-0.39, 0.29) is 5.92 Å². The Hall–Kier alpha value is -1.85. The molecule has 0 aromatic heterocycles. The van der Waals surface area contributed by atoms with E-state index >= 15 is 0 Å². The van der Waals surface area contributed by atoms with E-state index < -0.39 is 10.0 Å². The van der Waals surface area contributed by atoms with E-state index in [0.29, 0.717) is 29.3 Å². The van der Waals surface area contributed by atoms with Crippen LogP contribution in [-0.4, -0.2) is 32.9 Å². The Balaban J connectivity index is 1.84. The van der Waals surface area contributed by atoms with Gasteiger partial charge in [0.25, 0.3) is 0 Å². The van der Waals surface area contributed by atoms with Crippen LogP contribution in [0.5, 0.6) is 5.75 Å². The van der Waals surface area contributed by atoms with Gasteiger partial charge in [-0.1, -0.05) is 30.3 Å². The van der Waals surface area contributed by atoms with Crippen LogP contribution in [0.25, 0.3) is 0 Å². The van der Waals surface area contributed by atoms with E-state index in [0.717, 1.165) is 6.42 Å². The molecule has 122 valence electrons. The lowest BCUT2D eigenvalue weighted by Crippen LogP contribution is -2.29. The first-order valence-electron chi connectivity index (χ1n) is 7.72. The molecule has 1 atom stereocenters. The summed E-state index contributed by atoms with van der Waals surface area (Å²) in [5.41, 5.74) is 1.92. The normalized spacial score (nSPS) is 19.0. The topological polar surface area (TPSA) is 46.6 Å². The molecule has 2 aromatic rings. The van der Waals surface area contributed by atoms with Gasteiger partial charge in [-0.25, -0.2) is 8.42 Å². The van der Waals surface area contributed by atoms with Crippen LogP contribution in [0, 0.1) is 6.92 Å². The van der Waals surface area contributed by atoms with E-state index in [1.807, 2.05) is 18.2 Å². The number of ether oxygens (including phenoxy) is 1. The molecule has 2 aromatic carbocycles. The Morgan fingerprint density at radius 2 is 1.87 bits per heavy atom. The Morgan fingerprint density at radius 3 is 2.52 bits per heavy atom. The molecule has 3 rings (SSSR count). The molecule has 4 nitrogen and oxygen atoms in total. The summed E-state index contributed by atoms with van der Waals surface area (Å²) in [7, 11) is -1.88. The molecule has 1 aliphatic rings. The maximum atomic E-state index is 12.9. The van der Waals surface area contributed by atoms with Crippen molar-refractivity contribution >= 4 is 10.0 Å². The number of hydrogen-bond acceptors (Lipinski definition) is 3. The summed E-state index contributed by atoms with van der Waals surface area (Å²) in [6, 6.07) is 15.2. The molecule has 1 saturated heterocycles. The largest absolute Gasteiger partial charge is 0.497 e. The van der Waals surface area contributed by atoms with Crippen molar-refractivity contribution in [2.45, 2.75) is 24.2 Å². The lowest BCUT2D eigenvalue weighted by atomic mass is 9.99. The summed E-state index contributed by atoms with van der Waals surface area (Å²) in [5.74, 6) is 0.939. The Bertz CT molecular complexity index is 787. The molecule has 0 unspecified atom stereocenters. The summed E-state index contributed by atoms with van der Waals surface area (Å²) in [4.78, 5) is 0.368. The van der Waals surface area contributed by atoms with Crippen molar-refractivity contribution in [1.29, 1.82) is 0 Å². The van der Waals surface area contributed by atoms with E-state index in [1.165, 1.54) is 5.56 Å². The first kappa shape index (κ1) is 16.0. The standard InChI is InChI=1S/C18H21NO3S/c1-14-12-17(22-2)8-9-18(14)23(20,21)19-11-10-16(13-19)15-6-4-3-5-7-15/h3-9,12,16H,10-11,13H2,1-2H3/t16-/m1/s1. The van der Waals surface area contributed by atoms with E-state index in [1.54, 1.807) is 36.5 Å². The third kappa shape index (κ3) is 3.12. The molecular weight excluding hydrogens is 310 g/mol. The van der Waals surface area contributed by atoms with Gasteiger partial charge < -0.3 is 4.74 Å². The molecule has 1 fully saturated rings. The van der Waals surface area contributed by atoms with Crippen LogP contribution in [0.15, 0.2) is 53.4 Å². The van der Waals surface area contributed by atoms with Crippen LogP contribution in [0.1, 0.15) is 23.5 Å². The second kappa shape index (κ2) is 6.34. The zero-order chi connectivity index (χ0) is 16.4. The van der Waals surface area contributed by atoms with Crippen molar-refractivity contribution in [2.24, 2.45) is 0 Å². The number of benzene rings is 2. The van der Waals surface area contributed by atoms with Gasteiger partial charge in [0.2, 0.25) is 10.0 Å². The summed E-state index contributed by atoms with van der Waals surface area (Å²) >= 11 is 0. The number of sulfonamides is 1. The fraction of sp³-hybridized carbons (Fsp3) is 0.333. The maximum absolute atomic E-state index is 12.9. The van der Waals surface area contributed by atoms with Gasteiger partial charge in [-0.05, 0) is 48.6 Å². The van der Waals surface area contributed by atoms with Crippen molar-refractivity contribution in [3.8, 4) is 5.75 Å². The minimum atomic E-state index is -3.46. The summed E-state index contributed by atoms with van der Waals surface area (Å²) in [5, 5.41) is 0. The molecule has 0 bridgehead atoms. The van der Waals surface area contributed by atoms with Crippen LogP contribution >= 0.6 is 0 Å². The van der Waals surface area contributed by atoms with Crippen molar-refractivity contribution in [2.75, 3.05) is 20.2 Å². The number of hydrogen-bond donors (Lipinski definition) is 0. The van der Waals surface area contributed by atoms with Gasteiger partial charge in [0, 0.05) is 13.1 Å². The monoisotopic (exact) mass is 331 g/mol. The third-order valence-electron chi connectivity index (χ3n) is 4.42. The van der Waals surface area contributed by atoms with Gasteiger partial charge in [-0.2, -0.15) is 4.31 Å². The summed E-state index contributed by atoms with van der Waals surface area (Å²) < 4.78 is 32.6. The predicted octanol–water partition coefficient (Wildman–Crippen LogP) is 3.18. The van der Waals surface area contributed by atoms with Crippen LogP contribution < -0.4 is 4.74 Å². The first-order chi connectivity index (χ1) is 11.0. The molecule has 1 aliphatic heterocycles. The molecule has 0 spiro atoms. The number of nitrogens with zero attached hydrogens (tertiary/aromatic N) is 1. The minimum Gasteiger partial charge on any atom is -0.497 e. The number of rotatable bonds is 4. The molecule has 0 amide bonds. The Labute approximate surface area is 137 Å². The maximum Gasteiger partial charge on any atom is 0.243 e. The molecule has 5 heteroatoms. The number of aryl methyl sites for hydroxylation is 1. The van der Waals surface area contributed by atoms with E-state index in [2.05, 4.69) is 12.1 Å². The average molecular weight is 331 g/mol. The lowest BCUT2D eigenvalue weighted by molar-refractivity contribution is 0.414. The highest BCUT2D eigenvalue weighted by Gasteiger charge is 2.33. The fourth-order valence-corrected chi connectivity index (χ4v) is 4.83. The van der Waals surface area contributed by atoms with Crippen molar-refractivity contribution in [1.82, 2.24) is 4.31 Å². The van der Waals surface area contributed by atoms with Crippen molar-refractivity contribution < 1.29 is 13.2 Å². The molecule has 0 aliphatic carbocycles. The highest BCUT2D eigenvalue weighted by Crippen LogP contribution is 2.32. The smallest absolute Gasteiger partial charge is 0.243 e. The molecule has 0 N–H and O–H groups in total. The zero-order valence-electron chi connectivity index (χ0n) is 13.4. The molecule has 23 heavy (non-hydrogen) atoms. The van der Waals surface area contributed by atoms with Gasteiger partial charge in [0.15, 0.2) is 0 Å². The highest BCUT2D eigenvalue weighted by molar-refractivity contribution is 7.89. The molecule has 0 saturated carbocycles. The number of methoxy groups -OCH3 is 1. The first-order valence-corrected chi connectivity index (χ1v) is 9.16. The highest BCUT2D eigenvalue weighted by atomic mass is 32.2. The van der Waals surface area contributed by atoms with Gasteiger partial charge in [-0.3, -0.25) is 0 Å². The van der Waals surface area contributed by atoms with E-state index in [4.69, 9.17) is 4.74 Å². The molecule has 0 radical (unpaired) electrons. The second-order valence-corrected chi connectivity index (χ2v) is 7.80. The fourth-order valence-electron chi connectivity index (χ4n) is 3.12. The van der Waals surface area contributed by atoms with Crippen LogP contribution in [0.4, 0.5) is 0 Å². The third-order valence-corrected chi connectivity index (χ3v) is 6.45. The molecular formula is C18H21NO3S.